The van der Waals surface area contributed by atoms with E-state index in [4.69, 9.17) is 9.84 Å². The van der Waals surface area contributed by atoms with Crippen LogP contribution in [0.1, 0.15) is 6.42 Å². The number of aliphatic hydroxyl groups excluding tert-OH is 4. The van der Waals surface area contributed by atoms with Crippen LogP contribution in [-0.2, 0) is 4.74 Å². The van der Waals surface area contributed by atoms with Crippen molar-refractivity contribution in [1.82, 2.24) is 0 Å². The fourth-order valence-electron chi connectivity index (χ4n) is 1.70. The van der Waals surface area contributed by atoms with Gasteiger partial charge in [0.25, 0.3) is 0 Å². The minimum absolute atomic E-state index is 0.187. The van der Waals surface area contributed by atoms with Crippen LogP contribution in [0.2, 0.25) is 0 Å². The zero-order valence-electron chi connectivity index (χ0n) is 6.42. The van der Waals surface area contributed by atoms with E-state index in [1.54, 1.807) is 0 Å². The van der Waals surface area contributed by atoms with Crippen LogP contribution in [0.25, 0.3) is 0 Å². The molecule has 0 bridgehead atoms. The van der Waals surface area contributed by atoms with Crippen LogP contribution < -0.4 is 0 Å². The van der Waals surface area contributed by atoms with Crippen LogP contribution in [0.15, 0.2) is 0 Å². The van der Waals surface area contributed by atoms with Gasteiger partial charge in [-0.1, -0.05) is 0 Å². The van der Waals surface area contributed by atoms with Crippen LogP contribution in [0.4, 0.5) is 0 Å². The fraction of sp³-hybridized carbons (Fsp3) is 1.00. The van der Waals surface area contributed by atoms with Crippen molar-refractivity contribution in [1.29, 1.82) is 0 Å². The first-order valence-electron chi connectivity index (χ1n) is 3.93. The summed E-state index contributed by atoms with van der Waals surface area (Å²) in [5, 5.41) is 37.1. The van der Waals surface area contributed by atoms with Gasteiger partial charge in [-0.3, -0.25) is 0 Å². The molecule has 0 aromatic rings. The maximum absolute atomic E-state index is 9.41. The number of hydrogen-bond donors (Lipinski definition) is 4. The van der Waals surface area contributed by atoms with Gasteiger partial charge in [-0.15, -0.1) is 0 Å². The Hall–Kier alpha value is -0.200. The molecule has 2 aliphatic rings. The molecule has 5 nitrogen and oxygen atoms in total. The Bertz CT molecular complexity index is 190. The molecule has 0 aromatic heterocycles. The average molecular weight is 176 g/mol. The quantitative estimate of drug-likeness (QED) is 0.309. The van der Waals surface area contributed by atoms with Gasteiger partial charge in [0.15, 0.2) is 0 Å². The van der Waals surface area contributed by atoms with Crippen molar-refractivity contribution in [2.24, 2.45) is 0 Å². The lowest BCUT2D eigenvalue weighted by molar-refractivity contribution is -0.162. The van der Waals surface area contributed by atoms with E-state index >= 15 is 0 Å². The Balaban J connectivity index is 2.15. The molecule has 2 rings (SSSR count). The normalized spacial score (nSPS) is 59.0. The lowest BCUT2D eigenvalue weighted by Gasteiger charge is -2.36. The first-order chi connectivity index (χ1) is 5.57. The van der Waals surface area contributed by atoms with Gasteiger partial charge in [-0.25, -0.2) is 0 Å². The Morgan fingerprint density at radius 3 is 2.17 bits per heavy atom. The van der Waals surface area contributed by atoms with Crippen LogP contribution in [-0.4, -0.2) is 57.0 Å². The third kappa shape index (κ3) is 0.982. The van der Waals surface area contributed by atoms with Gasteiger partial charge < -0.3 is 25.2 Å². The Morgan fingerprint density at radius 2 is 1.67 bits per heavy atom. The van der Waals surface area contributed by atoms with Gasteiger partial charge in [0.2, 0.25) is 0 Å². The van der Waals surface area contributed by atoms with E-state index < -0.39 is 30.0 Å². The molecule has 70 valence electrons. The Kier molecular flexibility index (Phi) is 1.68. The molecule has 1 saturated carbocycles. The van der Waals surface area contributed by atoms with E-state index in [9.17, 15) is 15.3 Å². The summed E-state index contributed by atoms with van der Waals surface area (Å²) in [7, 11) is 0. The molecule has 0 unspecified atom stereocenters. The van der Waals surface area contributed by atoms with Gasteiger partial charge >= 0.3 is 0 Å². The molecule has 4 N–H and O–H groups in total. The van der Waals surface area contributed by atoms with Gasteiger partial charge in [0, 0.05) is 6.42 Å². The standard InChI is InChI=1S/C7H12O5/c8-3-1-7(2-12-7)6(11)5(10)4(3)9/h3-6,8-11H,1-2H2/t3-,4+,5-,6+,7+/m1/s1. The Labute approximate surface area is 69.2 Å². The molecule has 1 heterocycles. The smallest absolute Gasteiger partial charge is 0.123 e. The largest absolute Gasteiger partial charge is 0.390 e. The molecule has 5 heteroatoms. The van der Waals surface area contributed by atoms with Gasteiger partial charge in [0.1, 0.15) is 23.9 Å². The molecule has 0 radical (unpaired) electrons. The highest BCUT2D eigenvalue weighted by molar-refractivity contribution is 5.09. The number of aliphatic hydroxyl groups is 4. The van der Waals surface area contributed by atoms with Crippen molar-refractivity contribution in [3.8, 4) is 0 Å². The van der Waals surface area contributed by atoms with Crippen LogP contribution in [0.3, 0.4) is 0 Å². The predicted molar refractivity (Wildman–Crippen MR) is 37.3 cm³/mol. The molecule has 1 saturated heterocycles. The summed E-state index contributed by atoms with van der Waals surface area (Å²) in [5.41, 5.74) is -0.794. The third-order valence-electron chi connectivity index (χ3n) is 2.68. The van der Waals surface area contributed by atoms with Crippen LogP contribution in [0, 0.1) is 0 Å². The summed E-state index contributed by atoms with van der Waals surface area (Å²) < 4.78 is 4.96. The molecular weight excluding hydrogens is 164 g/mol. The molecule has 1 aliphatic heterocycles. The maximum atomic E-state index is 9.41. The molecule has 12 heavy (non-hydrogen) atoms. The van der Waals surface area contributed by atoms with E-state index in [1.807, 2.05) is 0 Å². The van der Waals surface area contributed by atoms with Crippen molar-refractivity contribution in [2.45, 2.75) is 36.4 Å². The molecule has 1 spiro atoms. The third-order valence-corrected chi connectivity index (χ3v) is 2.68. The summed E-state index contributed by atoms with van der Waals surface area (Å²) in [5.74, 6) is 0. The minimum atomic E-state index is -1.31. The number of hydrogen-bond acceptors (Lipinski definition) is 5. The van der Waals surface area contributed by atoms with Crippen molar-refractivity contribution in [3.05, 3.63) is 0 Å². The maximum Gasteiger partial charge on any atom is 0.123 e. The van der Waals surface area contributed by atoms with E-state index in [1.165, 1.54) is 0 Å². The van der Waals surface area contributed by atoms with Gasteiger partial charge in [0.05, 0.1) is 12.7 Å². The molecule has 0 aromatic carbocycles. The van der Waals surface area contributed by atoms with Crippen LogP contribution in [0.5, 0.6) is 0 Å². The average Bonchev–Trinajstić information content (AvgIpc) is 2.79. The lowest BCUT2D eigenvalue weighted by Crippen LogP contribution is -2.57. The van der Waals surface area contributed by atoms with E-state index in [2.05, 4.69) is 0 Å². The predicted octanol–water partition coefficient (Wildman–Crippen LogP) is -2.40. The molecule has 5 atom stereocenters. The highest BCUT2D eigenvalue weighted by Gasteiger charge is 2.60. The fourth-order valence-corrected chi connectivity index (χ4v) is 1.70. The summed E-state index contributed by atoms with van der Waals surface area (Å²) in [6, 6.07) is 0. The second-order valence-electron chi connectivity index (χ2n) is 3.55. The van der Waals surface area contributed by atoms with E-state index in [-0.39, 0.29) is 6.42 Å². The molecular formula is C7H12O5. The SMILES string of the molecule is O[C@@H]1[C@@H](O)[C@H](O)[C@@]2(CO2)C[C@H]1O. The molecule has 0 amide bonds. The highest BCUT2D eigenvalue weighted by atomic mass is 16.6. The summed E-state index contributed by atoms with van der Waals surface area (Å²) in [6.07, 6.45) is -4.49. The van der Waals surface area contributed by atoms with E-state index in [0.717, 1.165) is 0 Å². The number of ether oxygens (including phenoxy) is 1. The highest BCUT2D eigenvalue weighted by Crippen LogP contribution is 2.42. The van der Waals surface area contributed by atoms with Crippen molar-refractivity contribution < 1.29 is 25.2 Å². The summed E-state index contributed by atoms with van der Waals surface area (Å²) >= 11 is 0. The molecule has 2 fully saturated rings. The zero-order valence-corrected chi connectivity index (χ0v) is 6.42. The Morgan fingerprint density at radius 1 is 1.08 bits per heavy atom. The van der Waals surface area contributed by atoms with Crippen molar-refractivity contribution in [2.75, 3.05) is 6.61 Å². The lowest BCUT2D eigenvalue weighted by atomic mass is 9.81. The molecule has 1 aliphatic carbocycles. The first-order valence-corrected chi connectivity index (χ1v) is 3.93. The monoisotopic (exact) mass is 176 g/mol. The topological polar surface area (TPSA) is 93.5 Å². The second kappa shape index (κ2) is 2.40. The van der Waals surface area contributed by atoms with Crippen molar-refractivity contribution in [3.63, 3.8) is 0 Å². The summed E-state index contributed by atoms with van der Waals surface area (Å²) in [6.45, 7) is 0.342. The minimum Gasteiger partial charge on any atom is -0.390 e. The van der Waals surface area contributed by atoms with Gasteiger partial charge in [-0.2, -0.15) is 0 Å². The summed E-state index contributed by atoms with van der Waals surface area (Å²) in [4.78, 5) is 0. The number of epoxide rings is 1. The van der Waals surface area contributed by atoms with Crippen LogP contribution >= 0.6 is 0 Å². The first kappa shape index (κ1) is 8.40. The number of rotatable bonds is 0. The van der Waals surface area contributed by atoms with Crippen molar-refractivity contribution >= 4 is 0 Å². The van der Waals surface area contributed by atoms with E-state index in [0.29, 0.717) is 6.61 Å². The zero-order chi connectivity index (χ0) is 8.93. The van der Waals surface area contributed by atoms with Gasteiger partial charge in [-0.05, 0) is 0 Å². The second-order valence-corrected chi connectivity index (χ2v) is 3.55.